The molecule has 0 spiro atoms. The lowest BCUT2D eigenvalue weighted by Gasteiger charge is -2.21. The van der Waals surface area contributed by atoms with Crippen LogP contribution in [-0.2, 0) is 12.8 Å². The van der Waals surface area contributed by atoms with Crippen LogP contribution in [0.2, 0.25) is 0 Å². The molecule has 4 nitrogen and oxygen atoms in total. The van der Waals surface area contributed by atoms with Crippen molar-refractivity contribution >= 4 is 23.7 Å². The zero-order chi connectivity index (χ0) is 12.9. The molecule has 110 valence electrons. The van der Waals surface area contributed by atoms with Crippen molar-refractivity contribution in [2.24, 2.45) is 5.92 Å². The number of halogens is 1. The summed E-state index contributed by atoms with van der Waals surface area (Å²) < 4.78 is 5.33. The summed E-state index contributed by atoms with van der Waals surface area (Å²) in [6.45, 7) is 2.30. The second-order valence-electron chi connectivity index (χ2n) is 5.09. The van der Waals surface area contributed by atoms with Crippen LogP contribution in [0.1, 0.15) is 35.9 Å². The largest absolute Gasteiger partial charge is 0.339 e. The van der Waals surface area contributed by atoms with Crippen molar-refractivity contribution < 1.29 is 4.52 Å². The van der Waals surface area contributed by atoms with E-state index in [0.717, 1.165) is 43.6 Å². The van der Waals surface area contributed by atoms with Gasteiger partial charge in [-0.3, -0.25) is 0 Å². The van der Waals surface area contributed by atoms with Gasteiger partial charge in [0.15, 0.2) is 5.82 Å². The van der Waals surface area contributed by atoms with E-state index in [1.54, 1.807) is 11.3 Å². The maximum Gasteiger partial charge on any atom is 0.226 e. The average molecular weight is 314 g/mol. The number of piperidine rings is 1. The topological polar surface area (TPSA) is 51.0 Å². The Labute approximate surface area is 129 Å². The van der Waals surface area contributed by atoms with Gasteiger partial charge in [0.25, 0.3) is 0 Å². The smallest absolute Gasteiger partial charge is 0.226 e. The quantitative estimate of drug-likeness (QED) is 0.921. The van der Waals surface area contributed by atoms with Crippen LogP contribution in [-0.4, -0.2) is 23.2 Å². The number of hydrogen-bond acceptors (Lipinski definition) is 5. The molecule has 0 radical (unpaired) electrons. The summed E-state index contributed by atoms with van der Waals surface area (Å²) in [4.78, 5) is 5.77. The van der Waals surface area contributed by atoms with Crippen LogP contribution in [0.25, 0.3) is 0 Å². The molecule has 3 heterocycles. The fraction of sp³-hybridized carbons (Fsp3) is 0.571. The second kappa shape index (κ2) is 7.76. The van der Waals surface area contributed by atoms with Gasteiger partial charge in [-0.15, -0.1) is 23.7 Å². The highest BCUT2D eigenvalue weighted by Crippen LogP contribution is 2.19. The van der Waals surface area contributed by atoms with E-state index in [-0.39, 0.29) is 12.4 Å². The van der Waals surface area contributed by atoms with Gasteiger partial charge in [0.1, 0.15) is 0 Å². The van der Waals surface area contributed by atoms with Crippen LogP contribution in [0, 0.1) is 5.92 Å². The first-order valence-electron chi connectivity index (χ1n) is 6.95. The molecular weight excluding hydrogens is 294 g/mol. The van der Waals surface area contributed by atoms with Crippen LogP contribution >= 0.6 is 23.7 Å². The number of rotatable bonds is 5. The van der Waals surface area contributed by atoms with Gasteiger partial charge < -0.3 is 9.84 Å². The van der Waals surface area contributed by atoms with Crippen molar-refractivity contribution in [3.05, 3.63) is 34.1 Å². The summed E-state index contributed by atoms with van der Waals surface area (Å²) in [7, 11) is 0. The zero-order valence-corrected chi connectivity index (χ0v) is 13.0. The Balaban J connectivity index is 0.00000147. The van der Waals surface area contributed by atoms with E-state index in [9.17, 15) is 0 Å². The maximum atomic E-state index is 5.33. The van der Waals surface area contributed by atoms with Crippen molar-refractivity contribution in [2.75, 3.05) is 13.1 Å². The minimum absolute atomic E-state index is 0. The summed E-state index contributed by atoms with van der Waals surface area (Å²) >= 11 is 1.73. The van der Waals surface area contributed by atoms with Crippen LogP contribution in [0.15, 0.2) is 22.0 Å². The molecule has 0 unspecified atom stereocenters. The summed E-state index contributed by atoms with van der Waals surface area (Å²) in [5.74, 6) is 2.42. The molecule has 0 aromatic carbocycles. The summed E-state index contributed by atoms with van der Waals surface area (Å²) in [6, 6.07) is 4.16. The van der Waals surface area contributed by atoms with E-state index in [0.29, 0.717) is 0 Å². The summed E-state index contributed by atoms with van der Waals surface area (Å²) in [5.41, 5.74) is 0. The van der Waals surface area contributed by atoms with Crippen LogP contribution in [0.3, 0.4) is 0 Å². The molecule has 2 aromatic heterocycles. The molecule has 1 aliphatic heterocycles. The molecular formula is C14H20ClN3OS. The third kappa shape index (κ3) is 4.30. The minimum Gasteiger partial charge on any atom is -0.339 e. The fourth-order valence-electron chi connectivity index (χ4n) is 2.53. The van der Waals surface area contributed by atoms with E-state index < -0.39 is 0 Å². The van der Waals surface area contributed by atoms with E-state index in [2.05, 4.69) is 33.0 Å². The van der Waals surface area contributed by atoms with Gasteiger partial charge in [-0.05, 0) is 49.7 Å². The molecule has 20 heavy (non-hydrogen) atoms. The number of thiophene rings is 1. The molecule has 1 N–H and O–H groups in total. The first kappa shape index (κ1) is 15.5. The Bertz CT molecular complexity index is 494. The van der Waals surface area contributed by atoms with Gasteiger partial charge in [0, 0.05) is 17.7 Å². The van der Waals surface area contributed by atoms with E-state index >= 15 is 0 Å². The Kier molecular flexibility index (Phi) is 6.01. The molecule has 0 aliphatic carbocycles. The van der Waals surface area contributed by atoms with Crippen molar-refractivity contribution in [3.8, 4) is 0 Å². The maximum absolute atomic E-state index is 5.33. The molecule has 0 amide bonds. The van der Waals surface area contributed by atoms with Crippen molar-refractivity contribution in [2.45, 2.75) is 32.1 Å². The van der Waals surface area contributed by atoms with Crippen molar-refractivity contribution in [1.82, 2.24) is 15.5 Å². The first-order chi connectivity index (χ1) is 9.40. The summed E-state index contributed by atoms with van der Waals surface area (Å²) in [6.07, 6.45) is 5.42. The van der Waals surface area contributed by atoms with Crippen LogP contribution in [0.5, 0.6) is 0 Å². The Hall–Kier alpha value is -0.910. The van der Waals surface area contributed by atoms with Crippen LogP contribution in [0.4, 0.5) is 0 Å². The van der Waals surface area contributed by atoms with Gasteiger partial charge in [-0.25, -0.2) is 0 Å². The minimum atomic E-state index is 0. The SMILES string of the molecule is Cl.c1csc(Cc2noc(CCC3CCNCC3)n2)c1. The highest BCUT2D eigenvalue weighted by atomic mass is 35.5. The van der Waals surface area contributed by atoms with Gasteiger partial charge in [-0.1, -0.05) is 11.2 Å². The molecule has 6 heteroatoms. The Morgan fingerprint density at radius 1 is 1.35 bits per heavy atom. The highest BCUT2D eigenvalue weighted by Gasteiger charge is 2.15. The monoisotopic (exact) mass is 313 g/mol. The van der Waals surface area contributed by atoms with Crippen molar-refractivity contribution in [1.29, 1.82) is 0 Å². The number of nitrogens with zero attached hydrogens (tertiary/aromatic N) is 2. The number of hydrogen-bond donors (Lipinski definition) is 1. The first-order valence-corrected chi connectivity index (χ1v) is 7.82. The number of nitrogens with one attached hydrogen (secondary N) is 1. The number of aryl methyl sites for hydroxylation is 1. The molecule has 1 saturated heterocycles. The molecule has 0 atom stereocenters. The van der Waals surface area contributed by atoms with Gasteiger partial charge >= 0.3 is 0 Å². The normalized spacial score (nSPS) is 16.0. The molecule has 1 aliphatic rings. The Morgan fingerprint density at radius 2 is 2.20 bits per heavy atom. The third-order valence-corrected chi connectivity index (χ3v) is 4.52. The Morgan fingerprint density at radius 3 is 2.95 bits per heavy atom. The van der Waals surface area contributed by atoms with Gasteiger partial charge in [0.05, 0.1) is 0 Å². The van der Waals surface area contributed by atoms with E-state index in [1.165, 1.54) is 24.1 Å². The number of aromatic nitrogens is 2. The van der Waals surface area contributed by atoms with Crippen molar-refractivity contribution in [3.63, 3.8) is 0 Å². The second-order valence-corrected chi connectivity index (χ2v) is 6.12. The molecule has 0 bridgehead atoms. The lowest BCUT2D eigenvalue weighted by molar-refractivity contribution is 0.323. The van der Waals surface area contributed by atoms with E-state index in [1.807, 2.05) is 0 Å². The zero-order valence-electron chi connectivity index (χ0n) is 11.4. The highest BCUT2D eigenvalue weighted by molar-refractivity contribution is 7.09. The predicted molar refractivity (Wildman–Crippen MR) is 82.6 cm³/mol. The average Bonchev–Trinajstić information content (AvgIpc) is 3.10. The van der Waals surface area contributed by atoms with Crippen LogP contribution < -0.4 is 5.32 Å². The molecule has 0 saturated carbocycles. The predicted octanol–water partition coefficient (Wildman–Crippen LogP) is 3.08. The summed E-state index contributed by atoms with van der Waals surface area (Å²) in [5, 5.41) is 9.53. The van der Waals surface area contributed by atoms with E-state index in [4.69, 9.17) is 4.52 Å². The fourth-order valence-corrected chi connectivity index (χ4v) is 3.23. The lowest BCUT2D eigenvalue weighted by atomic mass is 9.93. The molecule has 3 rings (SSSR count). The molecule has 1 fully saturated rings. The van der Waals surface area contributed by atoms with Gasteiger partial charge in [-0.2, -0.15) is 4.98 Å². The standard InChI is InChI=1S/C14H19N3OS.ClH/c1-2-12(19-9-1)10-13-16-14(18-17-13)4-3-11-5-7-15-8-6-11;/h1-2,9,11,15H,3-8,10H2;1H. The van der Waals surface area contributed by atoms with Gasteiger partial charge in [0.2, 0.25) is 5.89 Å². The third-order valence-electron chi connectivity index (χ3n) is 3.65. The lowest BCUT2D eigenvalue weighted by Crippen LogP contribution is -2.27. The molecule has 2 aromatic rings.